The minimum absolute atomic E-state index is 0.0250. The fourth-order valence-electron chi connectivity index (χ4n) is 3.92. The Balaban J connectivity index is 1.33. The molecule has 0 unspecified atom stereocenters. The van der Waals surface area contributed by atoms with Gasteiger partial charge in [-0.05, 0) is 44.0 Å². The van der Waals surface area contributed by atoms with Crippen LogP contribution in [0.25, 0.3) is 5.65 Å². The molecule has 7 heteroatoms. The Morgan fingerprint density at radius 3 is 2.30 bits per heavy atom. The molecule has 0 aliphatic carbocycles. The van der Waals surface area contributed by atoms with Gasteiger partial charge in [-0.2, -0.15) is 0 Å². The van der Waals surface area contributed by atoms with Crippen LogP contribution in [-0.4, -0.2) is 63.7 Å². The second-order valence-electron chi connectivity index (χ2n) is 7.90. The Labute approximate surface area is 176 Å². The summed E-state index contributed by atoms with van der Waals surface area (Å²) in [5, 5.41) is 3.03. The fraction of sp³-hybridized carbons (Fsp3) is 0.348. The van der Waals surface area contributed by atoms with Crippen LogP contribution in [0.3, 0.4) is 0 Å². The number of pyridine rings is 1. The van der Waals surface area contributed by atoms with Crippen LogP contribution in [0.2, 0.25) is 0 Å². The first-order valence-electron chi connectivity index (χ1n) is 10.2. The molecule has 2 aromatic heterocycles. The third-order valence-corrected chi connectivity index (χ3v) is 5.69. The fourth-order valence-corrected chi connectivity index (χ4v) is 3.92. The van der Waals surface area contributed by atoms with Crippen molar-refractivity contribution in [3.8, 4) is 0 Å². The van der Waals surface area contributed by atoms with Crippen LogP contribution in [0.4, 0.5) is 5.69 Å². The maximum absolute atomic E-state index is 12.9. The van der Waals surface area contributed by atoms with Gasteiger partial charge in [0.15, 0.2) is 0 Å². The van der Waals surface area contributed by atoms with E-state index in [-0.39, 0.29) is 11.8 Å². The van der Waals surface area contributed by atoms with Crippen LogP contribution in [0, 0.1) is 20.8 Å². The number of piperazine rings is 1. The summed E-state index contributed by atoms with van der Waals surface area (Å²) in [5.74, 6) is -0.0826. The smallest absolute Gasteiger partial charge is 0.274 e. The molecule has 1 fully saturated rings. The predicted molar refractivity (Wildman–Crippen MR) is 117 cm³/mol. The number of rotatable bonds is 4. The molecule has 0 radical (unpaired) electrons. The SMILES string of the molecule is Cc1cccc(C)c1NC(=O)CN1CCN(C(=O)c2cn3c(C)cccc3n2)CC1. The van der Waals surface area contributed by atoms with Gasteiger partial charge >= 0.3 is 0 Å². The quantitative estimate of drug-likeness (QED) is 0.725. The van der Waals surface area contributed by atoms with Gasteiger partial charge in [-0.1, -0.05) is 24.3 Å². The van der Waals surface area contributed by atoms with Gasteiger partial charge in [-0.25, -0.2) is 4.98 Å². The molecule has 3 heterocycles. The Morgan fingerprint density at radius 1 is 0.967 bits per heavy atom. The van der Waals surface area contributed by atoms with E-state index in [0.29, 0.717) is 38.4 Å². The number of imidazole rings is 1. The number of para-hydroxylation sites is 1. The number of hydrogen-bond donors (Lipinski definition) is 1. The molecule has 0 bridgehead atoms. The third-order valence-electron chi connectivity index (χ3n) is 5.69. The number of anilines is 1. The number of benzene rings is 1. The van der Waals surface area contributed by atoms with Crippen molar-refractivity contribution in [2.45, 2.75) is 20.8 Å². The number of fused-ring (bicyclic) bond motifs is 1. The van der Waals surface area contributed by atoms with Crippen LogP contribution in [0.15, 0.2) is 42.6 Å². The number of carbonyl (C=O) groups is 2. The lowest BCUT2D eigenvalue weighted by Gasteiger charge is -2.34. The summed E-state index contributed by atoms with van der Waals surface area (Å²) < 4.78 is 1.93. The van der Waals surface area contributed by atoms with Crippen LogP contribution < -0.4 is 5.32 Å². The molecule has 1 aliphatic rings. The summed E-state index contributed by atoms with van der Waals surface area (Å²) in [6.07, 6.45) is 1.80. The van der Waals surface area contributed by atoms with Crippen molar-refractivity contribution < 1.29 is 9.59 Å². The molecule has 1 aromatic carbocycles. The van der Waals surface area contributed by atoms with E-state index in [9.17, 15) is 9.59 Å². The molecule has 0 spiro atoms. The van der Waals surface area contributed by atoms with Crippen molar-refractivity contribution >= 4 is 23.1 Å². The first-order valence-corrected chi connectivity index (χ1v) is 10.2. The molecule has 0 atom stereocenters. The first kappa shape index (κ1) is 20.1. The second-order valence-corrected chi connectivity index (χ2v) is 7.90. The zero-order chi connectivity index (χ0) is 21.3. The van der Waals surface area contributed by atoms with Crippen molar-refractivity contribution in [2.75, 3.05) is 38.0 Å². The van der Waals surface area contributed by atoms with E-state index >= 15 is 0 Å². The van der Waals surface area contributed by atoms with Crippen LogP contribution in [-0.2, 0) is 4.79 Å². The normalized spacial score (nSPS) is 14.8. The zero-order valence-corrected chi connectivity index (χ0v) is 17.7. The number of aromatic nitrogens is 2. The number of carbonyl (C=O) groups excluding carboxylic acids is 2. The van der Waals surface area contributed by atoms with E-state index in [2.05, 4.69) is 15.2 Å². The molecule has 4 rings (SSSR count). The first-order chi connectivity index (χ1) is 14.4. The standard InChI is InChI=1S/C23H27N5O2/c1-16-6-4-7-17(2)22(16)25-21(29)15-26-10-12-27(13-11-26)23(30)19-14-28-18(3)8-5-9-20(28)24-19/h4-9,14H,10-13,15H2,1-3H3,(H,25,29). The van der Waals surface area contributed by atoms with Crippen molar-refractivity contribution in [2.24, 2.45) is 0 Å². The third kappa shape index (κ3) is 4.07. The highest BCUT2D eigenvalue weighted by atomic mass is 16.2. The average molecular weight is 406 g/mol. The van der Waals surface area contributed by atoms with Crippen LogP contribution >= 0.6 is 0 Å². The molecule has 7 nitrogen and oxygen atoms in total. The van der Waals surface area contributed by atoms with E-state index < -0.39 is 0 Å². The number of aryl methyl sites for hydroxylation is 3. The Morgan fingerprint density at radius 2 is 1.63 bits per heavy atom. The lowest BCUT2D eigenvalue weighted by molar-refractivity contribution is -0.117. The number of amides is 2. The predicted octanol–water partition coefficient (Wildman–Crippen LogP) is 2.66. The average Bonchev–Trinajstić information content (AvgIpc) is 3.17. The van der Waals surface area contributed by atoms with Crippen molar-refractivity contribution in [3.05, 3.63) is 65.1 Å². The van der Waals surface area contributed by atoms with Gasteiger partial charge in [0.1, 0.15) is 11.3 Å². The minimum atomic E-state index is -0.0577. The highest BCUT2D eigenvalue weighted by Crippen LogP contribution is 2.19. The number of nitrogens with one attached hydrogen (secondary N) is 1. The highest BCUT2D eigenvalue weighted by Gasteiger charge is 2.25. The lowest BCUT2D eigenvalue weighted by atomic mass is 10.1. The van der Waals surface area contributed by atoms with Gasteiger partial charge in [-0.3, -0.25) is 14.5 Å². The van der Waals surface area contributed by atoms with Crippen LogP contribution in [0.5, 0.6) is 0 Å². The monoisotopic (exact) mass is 405 g/mol. The van der Waals surface area contributed by atoms with E-state index in [1.807, 2.05) is 66.5 Å². The minimum Gasteiger partial charge on any atom is -0.335 e. The second kappa shape index (κ2) is 8.28. The van der Waals surface area contributed by atoms with E-state index in [1.165, 1.54) is 0 Å². The number of nitrogens with zero attached hydrogens (tertiary/aromatic N) is 4. The summed E-state index contributed by atoms with van der Waals surface area (Å²) >= 11 is 0. The summed E-state index contributed by atoms with van der Waals surface area (Å²) in [7, 11) is 0. The maximum atomic E-state index is 12.9. The van der Waals surface area contributed by atoms with E-state index in [1.54, 1.807) is 6.20 Å². The summed E-state index contributed by atoms with van der Waals surface area (Å²) in [6, 6.07) is 11.8. The number of hydrogen-bond acceptors (Lipinski definition) is 4. The zero-order valence-electron chi connectivity index (χ0n) is 17.7. The maximum Gasteiger partial charge on any atom is 0.274 e. The lowest BCUT2D eigenvalue weighted by Crippen LogP contribution is -2.50. The molecule has 2 amide bonds. The van der Waals surface area contributed by atoms with E-state index in [0.717, 1.165) is 28.2 Å². The Bertz CT molecular complexity index is 1080. The molecule has 1 N–H and O–H groups in total. The van der Waals surface area contributed by atoms with Crippen molar-refractivity contribution in [1.29, 1.82) is 0 Å². The molecule has 1 saturated heterocycles. The molecule has 3 aromatic rings. The summed E-state index contributed by atoms with van der Waals surface area (Å²) in [6.45, 7) is 8.80. The molecule has 156 valence electrons. The molecule has 1 aliphatic heterocycles. The van der Waals surface area contributed by atoms with Gasteiger partial charge < -0.3 is 14.6 Å². The van der Waals surface area contributed by atoms with Crippen molar-refractivity contribution in [1.82, 2.24) is 19.2 Å². The highest BCUT2D eigenvalue weighted by molar-refractivity contribution is 5.94. The van der Waals surface area contributed by atoms with Gasteiger partial charge in [0, 0.05) is 43.8 Å². The molecule has 0 saturated carbocycles. The van der Waals surface area contributed by atoms with Crippen LogP contribution in [0.1, 0.15) is 27.3 Å². The van der Waals surface area contributed by atoms with Gasteiger partial charge in [0.05, 0.1) is 6.54 Å². The summed E-state index contributed by atoms with van der Waals surface area (Å²) in [5.41, 5.74) is 5.28. The van der Waals surface area contributed by atoms with Gasteiger partial charge in [-0.15, -0.1) is 0 Å². The Hall–Kier alpha value is -3.19. The van der Waals surface area contributed by atoms with E-state index in [4.69, 9.17) is 0 Å². The molecule has 30 heavy (non-hydrogen) atoms. The summed E-state index contributed by atoms with van der Waals surface area (Å²) in [4.78, 5) is 33.8. The Kier molecular flexibility index (Phi) is 5.55. The topological polar surface area (TPSA) is 70.0 Å². The largest absolute Gasteiger partial charge is 0.335 e. The van der Waals surface area contributed by atoms with Gasteiger partial charge in [0.2, 0.25) is 5.91 Å². The van der Waals surface area contributed by atoms with Gasteiger partial charge in [0.25, 0.3) is 5.91 Å². The molecular weight excluding hydrogens is 378 g/mol. The van der Waals surface area contributed by atoms with Crippen molar-refractivity contribution in [3.63, 3.8) is 0 Å². The molecular formula is C23H27N5O2.